The number of nitrogens with two attached hydrogens (primary N) is 1. The number of anilines is 2. The van der Waals surface area contributed by atoms with Gasteiger partial charge in [-0.25, -0.2) is 0 Å². The lowest BCUT2D eigenvalue weighted by molar-refractivity contribution is 0.182. The van der Waals surface area contributed by atoms with E-state index in [0.29, 0.717) is 12.1 Å². The van der Waals surface area contributed by atoms with Crippen LogP contribution in [0.1, 0.15) is 27.7 Å². The first-order chi connectivity index (χ1) is 8.02. The van der Waals surface area contributed by atoms with Crippen molar-refractivity contribution in [1.82, 2.24) is 4.90 Å². The number of nitrogens with one attached hydrogen (secondary N) is 1. The monoisotopic (exact) mass is 235 g/mol. The molecule has 0 aromatic heterocycles. The summed E-state index contributed by atoms with van der Waals surface area (Å²) in [6.45, 7) is 10.9. The molecule has 0 heterocycles. The molecule has 3 heteroatoms. The Morgan fingerprint density at radius 3 is 2.24 bits per heavy atom. The van der Waals surface area contributed by atoms with Gasteiger partial charge in [0.25, 0.3) is 0 Å². The first-order valence-corrected chi connectivity index (χ1v) is 6.36. The van der Waals surface area contributed by atoms with E-state index < -0.39 is 0 Å². The Hall–Kier alpha value is -1.22. The highest BCUT2D eigenvalue weighted by atomic mass is 15.2. The summed E-state index contributed by atoms with van der Waals surface area (Å²) in [5.74, 6) is 0. The van der Waals surface area contributed by atoms with Gasteiger partial charge in [-0.1, -0.05) is 12.1 Å². The van der Waals surface area contributed by atoms with Gasteiger partial charge in [-0.15, -0.1) is 0 Å². The van der Waals surface area contributed by atoms with Crippen LogP contribution in [0.4, 0.5) is 11.4 Å². The second-order valence-electron chi connectivity index (χ2n) is 4.94. The number of benzene rings is 1. The average Bonchev–Trinajstić information content (AvgIpc) is 2.25. The topological polar surface area (TPSA) is 41.3 Å². The number of nitrogen functional groups attached to an aromatic ring is 1. The average molecular weight is 235 g/mol. The second kappa shape index (κ2) is 6.50. The van der Waals surface area contributed by atoms with Crippen LogP contribution in [0.5, 0.6) is 0 Å². The van der Waals surface area contributed by atoms with E-state index in [2.05, 4.69) is 37.9 Å². The fourth-order valence-corrected chi connectivity index (χ4v) is 2.09. The first kappa shape index (κ1) is 13.8. The van der Waals surface area contributed by atoms with Crippen molar-refractivity contribution in [3.8, 4) is 0 Å². The molecule has 0 fully saturated rings. The molecule has 1 rings (SSSR count). The van der Waals surface area contributed by atoms with Crippen molar-refractivity contribution in [2.24, 2.45) is 0 Å². The van der Waals surface area contributed by atoms with E-state index in [-0.39, 0.29) is 0 Å². The highest BCUT2D eigenvalue weighted by Crippen LogP contribution is 2.16. The largest absolute Gasteiger partial charge is 0.397 e. The lowest BCUT2D eigenvalue weighted by Gasteiger charge is -2.30. The van der Waals surface area contributed by atoms with Gasteiger partial charge in [0.1, 0.15) is 0 Å². The van der Waals surface area contributed by atoms with Crippen LogP contribution in [-0.2, 0) is 0 Å². The second-order valence-corrected chi connectivity index (χ2v) is 4.94. The van der Waals surface area contributed by atoms with Gasteiger partial charge in [0, 0.05) is 25.2 Å². The molecule has 0 spiro atoms. The molecular formula is C14H25N3. The van der Waals surface area contributed by atoms with E-state index >= 15 is 0 Å². The molecule has 1 aromatic carbocycles. The minimum absolute atomic E-state index is 0.574. The van der Waals surface area contributed by atoms with Crippen LogP contribution in [0.2, 0.25) is 0 Å². The highest BCUT2D eigenvalue weighted by Gasteiger charge is 2.12. The molecule has 0 aliphatic rings. The zero-order chi connectivity index (χ0) is 12.8. The molecule has 0 saturated carbocycles. The van der Waals surface area contributed by atoms with Gasteiger partial charge >= 0.3 is 0 Å². The van der Waals surface area contributed by atoms with Crippen LogP contribution in [0.15, 0.2) is 24.3 Å². The number of rotatable bonds is 6. The summed E-state index contributed by atoms with van der Waals surface area (Å²) < 4.78 is 0. The highest BCUT2D eigenvalue weighted by molar-refractivity contribution is 5.65. The molecular weight excluding hydrogens is 210 g/mol. The number of hydrogen-bond donors (Lipinski definition) is 2. The molecule has 1 aromatic rings. The van der Waals surface area contributed by atoms with E-state index in [0.717, 1.165) is 24.5 Å². The smallest absolute Gasteiger partial charge is 0.0574 e. The normalized spacial score (nSPS) is 11.5. The molecule has 17 heavy (non-hydrogen) atoms. The van der Waals surface area contributed by atoms with Gasteiger partial charge in [-0.05, 0) is 39.8 Å². The molecule has 3 N–H and O–H groups in total. The minimum atomic E-state index is 0.574. The number of para-hydroxylation sites is 2. The minimum Gasteiger partial charge on any atom is -0.397 e. The Bertz CT molecular complexity index is 326. The molecule has 0 unspecified atom stereocenters. The maximum absolute atomic E-state index is 5.88. The molecule has 0 atom stereocenters. The Morgan fingerprint density at radius 1 is 1.12 bits per heavy atom. The quantitative estimate of drug-likeness (QED) is 0.745. The van der Waals surface area contributed by atoms with Crippen molar-refractivity contribution in [3.63, 3.8) is 0 Å². The molecule has 0 amide bonds. The number of hydrogen-bond acceptors (Lipinski definition) is 3. The Labute approximate surface area is 105 Å². The zero-order valence-corrected chi connectivity index (χ0v) is 11.4. The van der Waals surface area contributed by atoms with Crippen LogP contribution in [0.25, 0.3) is 0 Å². The summed E-state index contributed by atoms with van der Waals surface area (Å²) in [4.78, 5) is 2.46. The molecule has 0 aliphatic heterocycles. The first-order valence-electron chi connectivity index (χ1n) is 6.36. The Balaban J connectivity index is 2.44. The standard InChI is InChI=1S/C14H25N3/c1-11(2)17(12(3)4)10-9-16-14-8-6-5-7-13(14)15/h5-8,11-12,16H,9-10,15H2,1-4H3. The fraction of sp³-hybridized carbons (Fsp3) is 0.571. The third kappa shape index (κ3) is 4.27. The maximum Gasteiger partial charge on any atom is 0.0574 e. The van der Waals surface area contributed by atoms with E-state index in [1.807, 2.05) is 24.3 Å². The van der Waals surface area contributed by atoms with Crippen molar-refractivity contribution < 1.29 is 0 Å². The molecule has 3 nitrogen and oxygen atoms in total. The Morgan fingerprint density at radius 2 is 1.71 bits per heavy atom. The van der Waals surface area contributed by atoms with Crippen molar-refractivity contribution >= 4 is 11.4 Å². The van der Waals surface area contributed by atoms with Crippen LogP contribution in [-0.4, -0.2) is 30.1 Å². The lowest BCUT2D eigenvalue weighted by Crippen LogP contribution is -2.40. The fourth-order valence-electron chi connectivity index (χ4n) is 2.09. The van der Waals surface area contributed by atoms with Gasteiger partial charge in [-0.2, -0.15) is 0 Å². The van der Waals surface area contributed by atoms with Gasteiger partial charge in [0.05, 0.1) is 11.4 Å². The van der Waals surface area contributed by atoms with Crippen molar-refractivity contribution in [2.45, 2.75) is 39.8 Å². The molecule has 0 radical (unpaired) electrons. The van der Waals surface area contributed by atoms with Gasteiger partial charge in [0.15, 0.2) is 0 Å². The molecule has 96 valence electrons. The summed E-state index contributed by atoms with van der Waals surface area (Å²) in [5.41, 5.74) is 7.72. The van der Waals surface area contributed by atoms with Gasteiger partial charge < -0.3 is 11.1 Å². The predicted molar refractivity (Wildman–Crippen MR) is 76.3 cm³/mol. The van der Waals surface area contributed by atoms with Crippen LogP contribution < -0.4 is 11.1 Å². The summed E-state index contributed by atoms with van der Waals surface area (Å²) in [7, 11) is 0. The van der Waals surface area contributed by atoms with Crippen LogP contribution >= 0.6 is 0 Å². The Kier molecular flexibility index (Phi) is 5.29. The van der Waals surface area contributed by atoms with Crippen molar-refractivity contribution in [2.75, 3.05) is 24.1 Å². The van der Waals surface area contributed by atoms with E-state index in [1.165, 1.54) is 0 Å². The van der Waals surface area contributed by atoms with Gasteiger partial charge in [-0.3, -0.25) is 4.90 Å². The van der Waals surface area contributed by atoms with E-state index in [4.69, 9.17) is 5.73 Å². The van der Waals surface area contributed by atoms with E-state index in [9.17, 15) is 0 Å². The predicted octanol–water partition coefficient (Wildman–Crippen LogP) is 2.80. The molecule has 0 bridgehead atoms. The van der Waals surface area contributed by atoms with Crippen LogP contribution in [0, 0.1) is 0 Å². The van der Waals surface area contributed by atoms with Crippen molar-refractivity contribution in [3.05, 3.63) is 24.3 Å². The van der Waals surface area contributed by atoms with Crippen LogP contribution in [0.3, 0.4) is 0 Å². The lowest BCUT2D eigenvalue weighted by atomic mass is 10.2. The summed E-state index contributed by atoms with van der Waals surface area (Å²) in [6.07, 6.45) is 0. The third-order valence-corrected chi connectivity index (χ3v) is 2.97. The van der Waals surface area contributed by atoms with E-state index in [1.54, 1.807) is 0 Å². The van der Waals surface area contributed by atoms with Crippen molar-refractivity contribution in [1.29, 1.82) is 0 Å². The summed E-state index contributed by atoms with van der Waals surface area (Å²) >= 11 is 0. The third-order valence-electron chi connectivity index (χ3n) is 2.97. The maximum atomic E-state index is 5.88. The summed E-state index contributed by atoms with van der Waals surface area (Å²) in [6, 6.07) is 9.04. The SMILES string of the molecule is CC(C)N(CCNc1ccccc1N)C(C)C. The molecule has 0 aliphatic carbocycles. The molecule has 0 saturated heterocycles. The van der Waals surface area contributed by atoms with Gasteiger partial charge in [0.2, 0.25) is 0 Å². The summed E-state index contributed by atoms with van der Waals surface area (Å²) in [5, 5.41) is 3.39. The number of nitrogens with zero attached hydrogens (tertiary/aromatic N) is 1. The zero-order valence-electron chi connectivity index (χ0n) is 11.4.